The number of imidazole rings is 1. The Morgan fingerprint density at radius 2 is 2.08 bits per heavy atom. The van der Waals surface area contributed by atoms with E-state index < -0.39 is 0 Å². The highest BCUT2D eigenvalue weighted by Crippen LogP contribution is 2.25. The van der Waals surface area contributed by atoms with Gasteiger partial charge in [-0.2, -0.15) is 5.10 Å². The Bertz CT molecular complexity index is 749. The highest BCUT2D eigenvalue weighted by atomic mass is 15.2. The highest BCUT2D eigenvalue weighted by Gasteiger charge is 2.24. The largest absolute Gasteiger partial charge is 0.336 e. The number of benzene rings is 1. The number of aromatic amines is 1. The molecule has 1 atom stereocenters. The molecule has 1 N–H and O–H groups in total. The normalized spacial score (nSPS) is 18.8. The maximum Gasteiger partial charge on any atom is 0.181 e. The quantitative estimate of drug-likeness (QED) is 0.784. The molecule has 2 aromatic heterocycles. The van der Waals surface area contributed by atoms with Crippen LogP contribution in [0.1, 0.15) is 24.6 Å². The molecule has 1 aromatic carbocycles. The predicted octanol–water partition coefficient (Wildman–Crippen LogP) is 2.55. The minimum absolute atomic E-state index is 0.437. The van der Waals surface area contributed by atoms with Crippen molar-refractivity contribution in [2.75, 3.05) is 19.6 Å². The third-order valence-electron chi connectivity index (χ3n) is 4.66. The van der Waals surface area contributed by atoms with Gasteiger partial charge in [0.1, 0.15) is 5.82 Å². The van der Waals surface area contributed by atoms with Crippen LogP contribution in [0, 0.1) is 0 Å². The first kappa shape index (κ1) is 15.1. The lowest BCUT2D eigenvalue weighted by molar-refractivity contribution is 0.197. The number of hydrogen-bond donors (Lipinski definition) is 1. The van der Waals surface area contributed by atoms with E-state index in [2.05, 4.69) is 24.6 Å². The number of hydrogen-bond acceptors (Lipinski definition) is 4. The smallest absolute Gasteiger partial charge is 0.181 e. The van der Waals surface area contributed by atoms with Gasteiger partial charge >= 0.3 is 0 Å². The molecule has 0 saturated carbocycles. The van der Waals surface area contributed by atoms with Crippen molar-refractivity contribution in [2.45, 2.75) is 25.3 Å². The molecule has 0 aliphatic carbocycles. The van der Waals surface area contributed by atoms with Crippen molar-refractivity contribution in [1.29, 1.82) is 0 Å². The highest BCUT2D eigenvalue weighted by molar-refractivity contribution is 5.53. The molecule has 3 heterocycles. The summed E-state index contributed by atoms with van der Waals surface area (Å²) in [5.74, 6) is 2.24. The van der Waals surface area contributed by atoms with Gasteiger partial charge in [0, 0.05) is 43.5 Å². The van der Waals surface area contributed by atoms with Gasteiger partial charge in [0.15, 0.2) is 5.82 Å². The van der Waals surface area contributed by atoms with Crippen molar-refractivity contribution in [3.05, 3.63) is 54.9 Å². The van der Waals surface area contributed by atoms with E-state index in [9.17, 15) is 0 Å². The standard InChI is InChI=1S/C18H22N6/c1-2-5-15(6-3-1)17-20-18(22-21-17)16-7-4-9-23(13-16)11-12-24-10-8-19-14-24/h1-3,5-6,8,10,14,16H,4,7,9,11-13H2,(H,20,21,22)/t16-/m0/s1. The minimum atomic E-state index is 0.437. The Hall–Kier alpha value is -2.47. The van der Waals surface area contributed by atoms with Gasteiger partial charge in [0.25, 0.3) is 0 Å². The first-order valence-electron chi connectivity index (χ1n) is 8.54. The Morgan fingerprint density at radius 3 is 2.92 bits per heavy atom. The number of piperidine rings is 1. The topological polar surface area (TPSA) is 62.6 Å². The molecule has 24 heavy (non-hydrogen) atoms. The molecule has 6 heteroatoms. The third-order valence-corrected chi connectivity index (χ3v) is 4.66. The monoisotopic (exact) mass is 322 g/mol. The van der Waals surface area contributed by atoms with Gasteiger partial charge in [-0.3, -0.25) is 5.10 Å². The lowest BCUT2D eigenvalue weighted by Gasteiger charge is -2.31. The van der Waals surface area contributed by atoms with E-state index in [-0.39, 0.29) is 0 Å². The number of aromatic nitrogens is 5. The zero-order chi connectivity index (χ0) is 16.2. The van der Waals surface area contributed by atoms with Crippen molar-refractivity contribution in [2.24, 2.45) is 0 Å². The fourth-order valence-corrected chi connectivity index (χ4v) is 3.33. The SMILES string of the molecule is c1ccc(-c2n[nH]c([C@H]3CCCN(CCn4ccnc4)C3)n2)cc1. The predicted molar refractivity (Wildman–Crippen MR) is 92.5 cm³/mol. The molecule has 3 aromatic rings. The molecule has 0 radical (unpaired) electrons. The zero-order valence-electron chi connectivity index (χ0n) is 13.7. The Balaban J connectivity index is 1.40. The maximum atomic E-state index is 4.74. The van der Waals surface area contributed by atoms with Crippen molar-refractivity contribution >= 4 is 0 Å². The van der Waals surface area contributed by atoms with Gasteiger partial charge < -0.3 is 9.47 Å². The van der Waals surface area contributed by atoms with Crippen LogP contribution < -0.4 is 0 Å². The summed E-state index contributed by atoms with van der Waals surface area (Å²) >= 11 is 0. The molecule has 1 aliphatic rings. The minimum Gasteiger partial charge on any atom is -0.336 e. The van der Waals surface area contributed by atoms with E-state index >= 15 is 0 Å². The van der Waals surface area contributed by atoms with Crippen LogP contribution in [0.5, 0.6) is 0 Å². The molecule has 0 unspecified atom stereocenters. The summed E-state index contributed by atoms with van der Waals surface area (Å²) in [6.45, 7) is 4.23. The zero-order valence-corrected chi connectivity index (χ0v) is 13.7. The second kappa shape index (κ2) is 6.97. The summed E-state index contributed by atoms with van der Waals surface area (Å²) in [6.07, 6.45) is 8.10. The van der Waals surface area contributed by atoms with Gasteiger partial charge in [0.05, 0.1) is 6.33 Å². The molecule has 0 amide bonds. The van der Waals surface area contributed by atoms with Crippen LogP contribution in [0.25, 0.3) is 11.4 Å². The van der Waals surface area contributed by atoms with E-state index in [1.165, 1.54) is 12.8 Å². The summed E-state index contributed by atoms with van der Waals surface area (Å²) in [5.41, 5.74) is 1.06. The van der Waals surface area contributed by atoms with Crippen LogP contribution in [0.15, 0.2) is 49.1 Å². The Labute approximate surface area is 141 Å². The molecule has 1 fully saturated rings. The molecule has 1 saturated heterocycles. The lowest BCUT2D eigenvalue weighted by Crippen LogP contribution is -2.36. The second-order valence-corrected chi connectivity index (χ2v) is 6.35. The van der Waals surface area contributed by atoms with E-state index in [1.54, 1.807) is 0 Å². The van der Waals surface area contributed by atoms with E-state index in [0.717, 1.165) is 43.4 Å². The van der Waals surface area contributed by atoms with E-state index in [4.69, 9.17) is 4.98 Å². The van der Waals surface area contributed by atoms with Gasteiger partial charge in [0.2, 0.25) is 0 Å². The van der Waals surface area contributed by atoms with Crippen molar-refractivity contribution in [3.63, 3.8) is 0 Å². The summed E-state index contributed by atoms with van der Waals surface area (Å²) in [5, 5.41) is 7.57. The average Bonchev–Trinajstić information content (AvgIpc) is 3.33. The molecule has 1 aliphatic heterocycles. The Morgan fingerprint density at radius 1 is 1.17 bits per heavy atom. The summed E-state index contributed by atoms with van der Waals surface area (Å²) in [4.78, 5) is 11.4. The first-order chi connectivity index (χ1) is 11.9. The number of rotatable bonds is 5. The summed E-state index contributed by atoms with van der Waals surface area (Å²) < 4.78 is 2.13. The van der Waals surface area contributed by atoms with Crippen LogP contribution in [0.4, 0.5) is 0 Å². The fourth-order valence-electron chi connectivity index (χ4n) is 3.33. The van der Waals surface area contributed by atoms with E-state index in [1.807, 2.05) is 49.1 Å². The average molecular weight is 322 g/mol. The Kier molecular flexibility index (Phi) is 4.38. The molecule has 6 nitrogen and oxygen atoms in total. The van der Waals surface area contributed by atoms with Gasteiger partial charge in [-0.05, 0) is 19.4 Å². The van der Waals surface area contributed by atoms with Crippen LogP contribution >= 0.6 is 0 Å². The first-order valence-corrected chi connectivity index (χ1v) is 8.54. The van der Waals surface area contributed by atoms with Crippen molar-refractivity contribution in [3.8, 4) is 11.4 Å². The van der Waals surface area contributed by atoms with Gasteiger partial charge in [-0.25, -0.2) is 9.97 Å². The fraction of sp³-hybridized carbons (Fsp3) is 0.389. The summed E-state index contributed by atoms with van der Waals surface area (Å²) in [6, 6.07) is 10.1. The number of likely N-dealkylation sites (tertiary alicyclic amines) is 1. The number of nitrogens with one attached hydrogen (secondary N) is 1. The van der Waals surface area contributed by atoms with Crippen LogP contribution in [-0.2, 0) is 6.54 Å². The van der Waals surface area contributed by atoms with Crippen molar-refractivity contribution < 1.29 is 0 Å². The molecule has 0 spiro atoms. The molecule has 0 bridgehead atoms. The van der Waals surface area contributed by atoms with E-state index in [0.29, 0.717) is 5.92 Å². The second-order valence-electron chi connectivity index (χ2n) is 6.35. The summed E-state index contributed by atoms with van der Waals surface area (Å²) in [7, 11) is 0. The number of H-pyrrole nitrogens is 1. The van der Waals surface area contributed by atoms with Gasteiger partial charge in [-0.1, -0.05) is 30.3 Å². The number of nitrogens with zero attached hydrogens (tertiary/aromatic N) is 5. The van der Waals surface area contributed by atoms with Crippen LogP contribution in [0.2, 0.25) is 0 Å². The third kappa shape index (κ3) is 3.38. The molecule has 4 rings (SSSR count). The van der Waals surface area contributed by atoms with Crippen LogP contribution in [0.3, 0.4) is 0 Å². The maximum absolute atomic E-state index is 4.74. The van der Waals surface area contributed by atoms with Crippen molar-refractivity contribution in [1.82, 2.24) is 29.6 Å². The molecular weight excluding hydrogens is 300 g/mol. The van der Waals surface area contributed by atoms with Gasteiger partial charge in [-0.15, -0.1) is 0 Å². The van der Waals surface area contributed by atoms with Crippen LogP contribution in [-0.4, -0.2) is 49.3 Å². The molecular formula is C18H22N6. The lowest BCUT2D eigenvalue weighted by atomic mass is 9.97. The molecule has 124 valence electrons.